The van der Waals surface area contributed by atoms with Gasteiger partial charge < -0.3 is 4.74 Å². The summed E-state index contributed by atoms with van der Waals surface area (Å²) >= 11 is 0. The molecule has 3 rings (SSSR count). The van der Waals surface area contributed by atoms with Gasteiger partial charge in [0.2, 0.25) is 0 Å². The predicted molar refractivity (Wildman–Crippen MR) is 110 cm³/mol. The highest BCUT2D eigenvalue weighted by atomic mass is 16.6. The molecule has 5 nitrogen and oxygen atoms in total. The maximum Gasteiger partial charge on any atom is 0.338 e. The number of aromatic nitrogens is 3. The summed E-state index contributed by atoms with van der Waals surface area (Å²) in [4.78, 5) is 12.4. The van der Waals surface area contributed by atoms with Crippen LogP contribution < -0.4 is 0 Å². The first-order valence-electron chi connectivity index (χ1n) is 10.6. The van der Waals surface area contributed by atoms with Crippen LogP contribution in [0.25, 0.3) is 0 Å². The molecule has 0 bridgehead atoms. The lowest BCUT2D eigenvalue weighted by atomic mass is 9.87. The largest absolute Gasteiger partial charge is 0.456 e. The van der Waals surface area contributed by atoms with Crippen LogP contribution in [0, 0.1) is 0 Å². The van der Waals surface area contributed by atoms with E-state index in [0.29, 0.717) is 11.5 Å². The fraction of sp³-hybridized carbons (Fsp3) is 0.609. The van der Waals surface area contributed by atoms with Gasteiger partial charge >= 0.3 is 5.97 Å². The monoisotopic (exact) mass is 383 g/mol. The first kappa shape index (κ1) is 20.6. The molecule has 0 aliphatic heterocycles. The number of rotatable bonds is 6. The van der Waals surface area contributed by atoms with Gasteiger partial charge in [0, 0.05) is 13.0 Å². The molecule has 1 aliphatic carbocycles. The second-order valence-corrected chi connectivity index (χ2v) is 8.64. The molecule has 2 aromatic rings. The third kappa shape index (κ3) is 5.00. The molecule has 0 spiro atoms. The quantitative estimate of drug-likeness (QED) is 0.659. The predicted octanol–water partition coefficient (Wildman–Crippen LogP) is 4.99. The SMILES string of the molecule is CCCC(C)(C)OC(=O)c1ccc(CC2CCCCCc3c2nnn3C)cc1. The van der Waals surface area contributed by atoms with Gasteiger partial charge in [-0.25, -0.2) is 4.79 Å². The molecule has 1 heterocycles. The van der Waals surface area contributed by atoms with Gasteiger partial charge in [-0.3, -0.25) is 4.68 Å². The van der Waals surface area contributed by atoms with E-state index in [1.165, 1.54) is 30.5 Å². The number of hydrogen-bond donors (Lipinski definition) is 0. The van der Waals surface area contributed by atoms with Crippen LogP contribution in [0.1, 0.15) is 92.5 Å². The number of carbonyl (C=O) groups excluding carboxylic acids is 1. The van der Waals surface area contributed by atoms with E-state index in [1.54, 1.807) is 0 Å². The lowest BCUT2D eigenvalue weighted by molar-refractivity contribution is -0.00472. The molecule has 0 N–H and O–H groups in total. The smallest absolute Gasteiger partial charge is 0.338 e. The minimum absolute atomic E-state index is 0.243. The van der Waals surface area contributed by atoms with Crippen LogP contribution in [-0.2, 0) is 24.6 Å². The molecule has 1 aromatic heterocycles. The molecule has 0 saturated carbocycles. The van der Waals surface area contributed by atoms with Crippen LogP contribution in [0.3, 0.4) is 0 Å². The third-order valence-electron chi connectivity index (χ3n) is 5.72. The number of carbonyl (C=O) groups is 1. The van der Waals surface area contributed by atoms with E-state index < -0.39 is 5.60 Å². The summed E-state index contributed by atoms with van der Waals surface area (Å²) in [5, 5.41) is 8.74. The van der Waals surface area contributed by atoms with Crippen molar-refractivity contribution in [2.45, 2.75) is 83.7 Å². The minimum Gasteiger partial charge on any atom is -0.456 e. The standard InChI is InChI=1S/C23H33N3O2/c1-5-15-23(2,3)28-22(27)18-13-11-17(12-14-18)16-19-9-7-6-8-10-20-21(19)24-25-26(20)4/h11-14,19H,5-10,15-16H2,1-4H3. The average molecular weight is 384 g/mol. The Kier molecular flexibility index (Phi) is 6.53. The minimum atomic E-state index is -0.425. The van der Waals surface area contributed by atoms with Crippen LogP contribution in [0.2, 0.25) is 0 Å². The molecular formula is C23H33N3O2. The van der Waals surface area contributed by atoms with E-state index in [-0.39, 0.29) is 5.97 Å². The molecule has 0 radical (unpaired) electrons. The van der Waals surface area contributed by atoms with Gasteiger partial charge in [0.1, 0.15) is 5.60 Å². The van der Waals surface area contributed by atoms with Gasteiger partial charge in [0.05, 0.1) is 17.0 Å². The van der Waals surface area contributed by atoms with Gasteiger partial charge in [0.25, 0.3) is 0 Å². The number of benzene rings is 1. The number of hydrogen-bond acceptors (Lipinski definition) is 4. The highest BCUT2D eigenvalue weighted by molar-refractivity contribution is 5.89. The van der Waals surface area contributed by atoms with Gasteiger partial charge in [-0.15, -0.1) is 5.10 Å². The van der Waals surface area contributed by atoms with Crippen LogP contribution >= 0.6 is 0 Å². The number of esters is 1. The summed E-state index contributed by atoms with van der Waals surface area (Å²) in [7, 11) is 1.99. The topological polar surface area (TPSA) is 57.0 Å². The van der Waals surface area contributed by atoms with Crippen molar-refractivity contribution in [3.05, 3.63) is 46.8 Å². The van der Waals surface area contributed by atoms with Crippen LogP contribution in [-0.4, -0.2) is 26.6 Å². The molecule has 0 saturated heterocycles. The zero-order valence-electron chi connectivity index (χ0n) is 17.7. The normalized spacial score (nSPS) is 17.5. The second kappa shape index (κ2) is 8.89. The third-order valence-corrected chi connectivity index (χ3v) is 5.72. The van der Waals surface area contributed by atoms with Crippen LogP contribution in [0.5, 0.6) is 0 Å². The molecular weight excluding hydrogens is 350 g/mol. The molecule has 0 amide bonds. The Bertz CT molecular complexity index is 793. The van der Waals surface area contributed by atoms with Crippen molar-refractivity contribution in [3.63, 3.8) is 0 Å². The molecule has 5 heteroatoms. The number of ether oxygens (including phenoxy) is 1. The Balaban J connectivity index is 1.70. The van der Waals surface area contributed by atoms with E-state index in [1.807, 2.05) is 37.7 Å². The summed E-state index contributed by atoms with van der Waals surface area (Å²) < 4.78 is 7.61. The molecule has 1 aliphatic rings. The van der Waals surface area contributed by atoms with Crippen molar-refractivity contribution in [1.29, 1.82) is 0 Å². The van der Waals surface area contributed by atoms with Crippen molar-refractivity contribution >= 4 is 5.97 Å². The van der Waals surface area contributed by atoms with E-state index in [0.717, 1.165) is 37.8 Å². The highest BCUT2D eigenvalue weighted by Gasteiger charge is 2.24. The summed E-state index contributed by atoms with van der Waals surface area (Å²) in [5.41, 5.74) is 3.86. The fourth-order valence-corrected chi connectivity index (χ4v) is 4.22. The second-order valence-electron chi connectivity index (χ2n) is 8.64. The van der Waals surface area contributed by atoms with Crippen LogP contribution in [0.15, 0.2) is 24.3 Å². The van der Waals surface area contributed by atoms with Crippen molar-refractivity contribution in [3.8, 4) is 0 Å². The Labute approximate surface area is 168 Å². The van der Waals surface area contributed by atoms with E-state index >= 15 is 0 Å². The number of nitrogens with zero attached hydrogens (tertiary/aromatic N) is 3. The lowest BCUT2D eigenvalue weighted by Gasteiger charge is -2.24. The molecule has 1 unspecified atom stereocenters. The van der Waals surface area contributed by atoms with Gasteiger partial charge in [-0.1, -0.05) is 43.5 Å². The molecule has 28 heavy (non-hydrogen) atoms. The lowest BCUT2D eigenvalue weighted by Crippen LogP contribution is -2.27. The molecule has 1 atom stereocenters. The van der Waals surface area contributed by atoms with Gasteiger partial charge in [0.15, 0.2) is 0 Å². The Morgan fingerprint density at radius 2 is 1.96 bits per heavy atom. The summed E-state index contributed by atoms with van der Waals surface area (Å²) in [6, 6.07) is 7.89. The van der Waals surface area contributed by atoms with Crippen molar-refractivity contribution < 1.29 is 9.53 Å². The van der Waals surface area contributed by atoms with Crippen LogP contribution in [0.4, 0.5) is 0 Å². The molecule has 0 fully saturated rings. The first-order valence-corrected chi connectivity index (χ1v) is 10.6. The van der Waals surface area contributed by atoms with E-state index in [4.69, 9.17) is 4.74 Å². The first-order chi connectivity index (χ1) is 13.4. The Hall–Kier alpha value is -2.17. The summed E-state index contributed by atoms with van der Waals surface area (Å²) in [5.74, 6) is 0.150. The van der Waals surface area contributed by atoms with Gasteiger partial charge in [-0.2, -0.15) is 0 Å². The Morgan fingerprint density at radius 3 is 2.68 bits per heavy atom. The van der Waals surface area contributed by atoms with Gasteiger partial charge in [-0.05, 0) is 63.6 Å². The fourth-order valence-electron chi connectivity index (χ4n) is 4.22. The zero-order chi connectivity index (χ0) is 20.1. The van der Waals surface area contributed by atoms with E-state index in [9.17, 15) is 4.79 Å². The van der Waals surface area contributed by atoms with Crippen molar-refractivity contribution in [1.82, 2.24) is 15.0 Å². The van der Waals surface area contributed by atoms with Crippen molar-refractivity contribution in [2.24, 2.45) is 7.05 Å². The molecule has 152 valence electrons. The average Bonchev–Trinajstić information content (AvgIpc) is 2.98. The summed E-state index contributed by atoms with van der Waals surface area (Å²) in [6.45, 7) is 6.04. The Morgan fingerprint density at radius 1 is 1.21 bits per heavy atom. The zero-order valence-corrected chi connectivity index (χ0v) is 17.7. The highest BCUT2D eigenvalue weighted by Crippen LogP contribution is 2.31. The molecule has 1 aromatic carbocycles. The van der Waals surface area contributed by atoms with Crippen molar-refractivity contribution in [2.75, 3.05) is 0 Å². The maximum atomic E-state index is 12.4. The number of aryl methyl sites for hydroxylation is 1. The maximum absolute atomic E-state index is 12.4. The van der Waals surface area contributed by atoms with E-state index in [2.05, 4.69) is 29.4 Å². The summed E-state index contributed by atoms with van der Waals surface area (Å²) in [6.07, 6.45) is 8.70. The number of fused-ring (bicyclic) bond motifs is 1.